The highest BCUT2D eigenvalue weighted by Crippen LogP contribution is 2.11. The molecule has 0 heterocycles. The van der Waals surface area contributed by atoms with Gasteiger partial charge in [0.05, 0.1) is 6.54 Å². The lowest BCUT2D eigenvalue weighted by Crippen LogP contribution is -2.13. The van der Waals surface area contributed by atoms with Crippen molar-refractivity contribution >= 4 is 12.0 Å². The SMILES string of the molecule is CC.CC.CN(C)CC=O.CN(C)c1cccc(F)c1. The fourth-order valence-corrected chi connectivity index (χ4v) is 0.903. The van der Waals surface area contributed by atoms with Crippen LogP contribution in [0.4, 0.5) is 10.1 Å². The van der Waals surface area contributed by atoms with E-state index in [9.17, 15) is 9.18 Å². The number of likely N-dealkylation sites (N-methyl/N-ethyl adjacent to an activating group) is 1. The van der Waals surface area contributed by atoms with E-state index in [1.165, 1.54) is 12.1 Å². The van der Waals surface area contributed by atoms with Crippen molar-refractivity contribution < 1.29 is 9.18 Å². The normalized spacial score (nSPS) is 8.10. The van der Waals surface area contributed by atoms with Crippen LogP contribution in [-0.4, -0.2) is 45.9 Å². The first-order valence-electron chi connectivity index (χ1n) is 6.98. The fourth-order valence-electron chi connectivity index (χ4n) is 0.903. The molecule has 0 aromatic heterocycles. The number of hydrogen-bond acceptors (Lipinski definition) is 3. The van der Waals surface area contributed by atoms with E-state index in [1.54, 1.807) is 6.07 Å². The Kier molecular flexibility index (Phi) is 20.8. The molecular formula is C16H31FN2O. The zero-order valence-corrected chi connectivity index (χ0v) is 14.3. The van der Waals surface area contributed by atoms with Crippen molar-refractivity contribution in [3.8, 4) is 0 Å². The average Bonchev–Trinajstić information content (AvgIpc) is 2.44. The maximum atomic E-state index is 12.5. The third-order valence-electron chi connectivity index (χ3n) is 1.76. The molecule has 0 fully saturated rings. The second kappa shape index (κ2) is 17.6. The van der Waals surface area contributed by atoms with Crippen LogP contribution in [0.25, 0.3) is 0 Å². The quantitative estimate of drug-likeness (QED) is 0.792. The number of carbonyl (C=O) groups is 1. The molecule has 4 heteroatoms. The molecule has 1 rings (SSSR count). The summed E-state index contributed by atoms with van der Waals surface area (Å²) in [6.45, 7) is 8.53. The molecule has 3 nitrogen and oxygen atoms in total. The summed E-state index contributed by atoms with van der Waals surface area (Å²) in [7, 11) is 7.48. The molecule has 0 spiro atoms. The highest BCUT2D eigenvalue weighted by molar-refractivity contribution is 5.51. The highest BCUT2D eigenvalue weighted by atomic mass is 19.1. The summed E-state index contributed by atoms with van der Waals surface area (Å²) in [4.78, 5) is 13.3. The summed E-state index contributed by atoms with van der Waals surface area (Å²) in [5.74, 6) is -0.189. The van der Waals surface area contributed by atoms with Gasteiger partial charge in [-0.1, -0.05) is 33.8 Å². The molecule has 0 aliphatic carbocycles. The third kappa shape index (κ3) is 16.6. The van der Waals surface area contributed by atoms with Gasteiger partial charge in [-0.05, 0) is 32.3 Å². The second-order valence-electron chi connectivity index (χ2n) is 3.80. The summed E-state index contributed by atoms with van der Waals surface area (Å²) in [5.41, 5.74) is 0.889. The Balaban J connectivity index is -0.000000250. The summed E-state index contributed by atoms with van der Waals surface area (Å²) >= 11 is 0. The molecule has 0 aliphatic rings. The Bertz CT molecular complexity index is 315. The lowest BCUT2D eigenvalue weighted by molar-refractivity contribution is -0.108. The number of rotatable bonds is 3. The molecule has 0 N–H and O–H groups in total. The molecule has 0 amide bonds. The van der Waals surface area contributed by atoms with E-state index in [0.29, 0.717) is 6.54 Å². The number of benzene rings is 1. The van der Waals surface area contributed by atoms with Crippen LogP contribution in [-0.2, 0) is 4.79 Å². The van der Waals surface area contributed by atoms with Crippen molar-refractivity contribution in [1.29, 1.82) is 0 Å². The highest BCUT2D eigenvalue weighted by Gasteiger charge is 1.94. The van der Waals surface area contributed by atoms with Crippen LogP contribution in [0.15, 0.2) is 24.3 Å². The Morgan fingerprint density at radius 1 is 1.05 bits per heavy atom. The van der Waals surface area contributed by atoms with Gasteiger partial charge in [0.15, 0.2) is 0 Å². The zero-order valence-electron chi connectivity index (χ0n) is 14.3. The van der Waals surface area contributed by atoms with Crippen LogP contribution >= 0.6 is 0 Å². The molecular weight excluding hydrogens is 255 g/mol. The minimum absolute atomic E-state index is 0.189. The van der Waals surface area contributed by atoms with Gasteiger partial charge in [-0.25, -0.2) is 4.39 Å². The molecule has 118 valence electrons. The van der Waals surface area contributed by atoms with E-state index in [0.717, 1.165) is 12.0 Å². The average molecular weight is 286 g/mol. The Morgan fingerprint density at radius 3 is 1.75 bits per heavy atom. The molecule has 0 radical (unpaired) electrons. The number of hydrogen-bond donors (Lipinski definition) is 0. The van der Waals surface area contributed by atoms with Crippen LogP contribution in [0.3, 0.4) is 0 Å². The molecule has 0 saturated carbocycles. The fraction of sp³-hybridized carbons (Fsp3) is 0.562. The number of aldehydes is 1. The molecule has 1 aromatic carbocycles. The van der Waals surface area contributed by atoms with Crippen LogP contribution in [0, 0.1) is 5.82 Å². The van der Waals surface area contributed by atoms with E-state index < -0.39 is 0 Å². The van der Waals surface area contributed by atoms with Gasteiger partial charge < -0.3 is 14.6 Å². The first-order chi connectivity index (χ1) is 9.47. The molecule has 0 saturated heterocycles. The van der Waals surface area contributed by atoms with Crippen molar-refractivity contribution in [2.45, 2.75) is 27.7 Å². The van der Waals surface area contributed by atoms with Gasteiger partial charge in [0.1, 0.15) is 12.1 Å². The Morgan fingerprint density at radius 2 is 1.55 bits per heavy atom. The number of carbonyl (C=O) groups excluding carboxylic acids is 1. The Hall–Kier alpha value is -1.42. The summed E-state index contributed by atoms with van der Waals surface area (Å²) in [6.07, 6.45) is 0.875. The smallest absolute Gasteiger partial charge is 0.133 e. The first-order valence-corrected chi connectivity index (χ1v) is 6.98. The van der Waals surface area contributed by atoms with Gasteiger partial charge >= 0.3 is 0 Å². The predicted molar refractivity (Wildman–Crippen MR) is 88.0 cm³/mol. The maximum absolute atomic E-state index is 12.5. The Labute approximate surface area is 124 Å². The third-order valence-corrected chi connectivity index (χ3v) is 1.76. The van der Waals surface area contributed by atoms with E-state index in [-0.39, 0.29) is 5.82 Å². The molecule has 0 atom stereocenters. The van der Waals surface area contributed by atoms with E-state index in [1.807, 2.05) is 71.8 Å². The van der Waals surface area contributed by atoms with Gasteiger partial charge in [0.2, 0.25) is 0 Å². The van der Waals surface area contributed by atoms with Gasteiger partial charge in [-0.15, -0.1) is 0 Å². The standard InChI is InChI=1S/C8H10FN.C4H9NO.2C2H6/c1-10(2)8-5-3-4-7(9)6-8;1-5(2)3-4-6;2*1-2/h3-6H,1-2H3;4H,3H2,1-2H3;2*1-2H3. The molecule has 20 heavy (non-hydrogen) atoms. The number of anilines is 1. The van der Waals surface area contributed by atoms with Gasteiger partial charge in [0.25, 0.3) is 0 Å². The predicted octanol–water partition coefficient (Wildman–Crippen LogP) is 3.69. The number of halogens is 1. The van der Waals surface area contributed by atoms with Crippen molar-refractivity contribution in [3.05, 3.63) is 30.1 Å². The van der Waals surface area contributed by atoms with Gasteiger partial charge in [-0.2, -0.15) is 0 Å². The van der Waals surface area contributed by atoms with E-state index in [2.05, 4.69) is 0 Å². The van der Waals surface area contributed by atoms with Crippen molar-refractivity contribution in [1.82, 2.24) is 4.90 Å². The van der Waals surface area contributed by atoms with Crippen LogP contribution < -0.4 is 4.90 Å². The summed E-state index contributed by atoms with van der Waals surface area (Å²) in [6, 6.07) is 6.50. The second-order valence-corrected chi connectivity index (χ2v) is 3.80. The van der Waals surface area contributed by atoms with Crippen LogP contribution in [0.5, 0.6) is 0 Å². The van der Waals surface area contributed by atoms with Crippen molar-refractivity contribution in [2.24, 2.45) is 0 Å². The maximum Gasteiger partial charge on any atom is 0.133 e. The van der Waals surface area contributed by atoms with Gasteiger partial charge in [0, 0.05) is 19.8 Å². The molecule has 1 aromatic rings. The first kappa shape index (κ1) is 23.7. The van der Waals surface area contributed by atoms with Gasteiger partial charge in [-0.3, -0.25) is 0 Å². The monoisotopic (exact) mass is 286 g/mol. The topological polar surface area (TPSA) is 23.6 Å². The summed E-state index contributed by atoms with van der Waals surface area (Å²) < 4.78 is 12.5. The lowest BCUT2D eigenvalue weighted by atomic mass is 10.3. The van der Waals surface area contributed by atoms with Crippen molar-refractivity contribution in [3.63, 3.8) is 0 Å². The lowest BCUT2D eigenvalue weighted by Gasteiger charge is -2.11. The molecule has 0 bridgehead atoms. The summed E-state index contributed by atoms with van der Waals surface area (Å²) in [5, 5.41) is 0. The molecule has 0 aliphatic heterocycles. The van der Waals surface area contributed by atoms with E-state index in [4.69, 9.17) is 0 Å². The largest absolute Gasteiger partial charge is 0.378 e. The number of nitrogens with zero attached hydrogens (tertiary/aromatic N) is 2. The van der Waals surface area contributed by atoms with Crippen LogP contribution in [0.1, 0.15) is 27.7 Å². The van der Waals surface area contributed by atoms with Crippen LogP contribution in [0.2, 0.25) is 0 Å². The van der Waals surface area contributed by atoms with Crippen molar-refractivity contribution in [2.75, 3.05) is 39.6 Å². The molecule has 0 unspecified atom stereocenters. The zero-order chi connectivity index (χ0) is 16.6. The van der Waals surface area contributed by atoms with E-state index >= 15 is 0 Å². The minimum atomic E-state index is -0.189. The minimum Gasteiger partial charge on any atom is -0.378 e.